The van der Waals surface area contributed by atoms with E-state index in [0.717, 1.165) is 22.9 Å². The smallest absolute Gasteiger partial charge is 0.251 e. The highest BCUT2D eigenvalue weighted by Gasteiger charge is 2.09. The molecular formula is C17H16N2O. The molecule has 0 atom stereocenters. The molecule has 3 heteroatoms. The van der Waals surface area contributed by atoms with Crippen molar-refractivity contribution in [1.82, 2.24) is 10.3 Å². The predicted octanol–water partition coefficient (Wildman–Crippen LogP) is 3.14. The summed E-state index contributed by atoms with van der Waals surface area (Å²) in [5.41, 5.74) is 2.94. The highest BCUT2D eigenvalue weighted by molar-refractivity contribution is 6.06. The molecule has 0 spiro atoms. The van der Waals surface area contributed by atoms with E-state index in [0.29, 0.717) is 6.54 Å². The molecule has 20 heavy (non-hydrogen) atoms. The molecule has 3 aromatic rings. The van der Waals surface area contributed by atoms with Crippen molar-refractivity contribution in [2.75, 3.05) is 6.54 Å². The average molecular weight is 264 g/mol. The number of aromatic amines is 1. The second-order valence-corrected chi connectivity index (χ2v) is 4.74. The predicted molar refractivity (Wildman–Crippen MR) is 80.8 cm³/mol. The van der Waals surface area contributed by atoms with Crippen molar-refractivity contribution in [2.24, 2.45) is 0 Å². The summed E-state index contributed by atoms with van der Waals surface area (Å²) in [6.45, 7) is 0.643. The Labute approximate surface area is 117 Å². The third-order valence-electron chi connectivity index (χ3n) is 3.38. The number of carbonyl (C=O) groups excluding carboxylic acids is 1. The maximum Gasteiger partial charge on any atom is 0.251 e. The lowest BCUT2D eigenvalue weighted by Crippen LogP contribution is -2.25. The van der Waals surface area contributed by atoms with Crippen LogP contribution in [0.1, 0.15) is 15.9 Å². The molecule has 0 fully saturated rings. The van der Waals surface area contributed by atoms with Crippen molar-refractivity contribution in [1.29, 1.82) is 0 Å². The first kappa shape index (κ1) is 12.5. The van der Waals surface area contributed by atoms with E-state index in [4.69, 9.17) is 0 Å². The van der Waals surface area contributed by atoms with Gasteiger partial charge in [-0.3, -0.25) is 4.79 Å². The van der Waals surface area contributed by atoms with Crippen LogP contribution in [0.2, 0.25) is 0 Å². The lowest BCUT2D eigenvalue weighted by molar-refractivity contribution is 0.0956. The van der Waals surface area contributed by atoms with Crippen LogP contribution in [0.15, 0.2) is 60.8 Å². The number of hydrogen-bond acceptors (Lipinski definition) is 1. The van der Waals surface area contributed by atoms with Gasteiger partial charge >= 0.3 is 0 Å². The minimum absolute atomic E-state index is 0.0221. The second-order valence-electron chi connectivity index (χ2n) is 4.74. The minimum Gasteiger partial charge on any atom is -0.361 e. The number of hydrogen-bond donors (Lipinski definition) is 2. The number of carbonyl (C=O) groups is 1. The summed E-state index contributed by atoms with van der Waals surface area (Å²) in [6, 6.07) is 17.8. The molecule has 100 valence electrons. The lowest BCUT2D eigenvalue weighted by Gasteiger charge is -2.06. The first-order chi connectivity index (χ1) is 9.84. The van der Waals surface area contributed by atoms with Crippen LogP contribution in [-0.2, 0) is 6.42 Å². The summed E-state index contributed by atoms with van der Waals surface area (Å²) in [5.74, 6) is -0.0221. The van der Waals surface area contributed by atoms with Crippen LogP contribution < -0.4 is 5.32 Å². The fraction of sp³-hybridized carbons (Fsp3) is 0.118. The number of fused-ring (bicyclic) bond motifs is 1. The Balaban J connectivity index is 1.66. The fourth-order valence-corrected chi connectivity index (χ4v) is 2.34. The van der Waals surface area contributed by atoms with Crippen molar-refractivity contribution in [2.45, 2.75) is 6.42 Å². The molecule has 2 aromatic carbocycles. The number of nitrogens with one attached hydrogen (secondary N) is 2. The Morgan fingerprint density at radius 2 is 1.85 bits per heavy atom. The van der Waals surface area contributed by atoms with E-state index in [9.17, 15) is 4.79 Å². The van der Waals surface area contributed by atoms with E-state index in [1.807, 2.05) is 48.7 Å². The zero-order chi connectivity index (χ0) is 13.8. The monoisotopic (exact) mass is 264 g/mol. The Hall–Kier alpha value is -2.55. The fourth-order valence-electron chi connectivity index (χ4n) is 2.34. The topological polar surface area (TPSA) is 44.9 Å². The summed E-state index contributed by atoms with van der Waals surface area (Å²) in [4.78, 5) is 15.3. The Morgan fingerprint density at radius 3 is 2.70 bits per heavy atom. The van der Waals surface area contributed by atoms with E-state index >= 15 is 0 Å². The summed E-state index contributed by atoms with van der Waals surface area (Å²) < 4.78 is 0. The maximum absolute atomic E-state index is 12.2. The standard InChI is InChI=1S/C17H16N2O/c20-17(19-11-9-13-5-2-1-3-6-13)15-7-4-8-16-14(15)10-12-18-16/h1-8,10,12,18H,9,11H2,(H,19,20). The molecule has 3 nitrogen and oxygen atoms in total. The number of rotatable bonds is 4. The van der Waals surface area contributed by atoms with Crippen LogP contribution in [0.5, 0.6) is 0 Å². The molecule has 0 bridgehead atoms. The van der Waals surface area contributed by atoms with Gasteiger partial charge in [-0.25, -0.2) is 0 Å². The molecule has 0 radical (unpaired) electrons. The number of amides is 1. The molecule has 0 saturated heterocycles. The molecular weight excluding hydrogens is 248 g/mol. The van der Waals surface area contributed by atoms with Crippen molar-refractivity contribution < 1.29 is 4.79 Å². The van der Waals surface area contributed by atoms with Gasteiger partial charge in [-0.05, 0) is 30.2 Å². The molecule has 1 aromatic heterocycles. The van der Waals surface area contributed by atoms with Gasteiger partial charge in [-0.1, -0.05) is 36.4 Å². The highest BCUT2D eigenvalue weighted by Crippen LogP contribution is 2.17. The Bertz CT molecular complexity index is 716. The molecule has 0 aliphatic heterocycles. The molecule has 2 N–H and O–H groups in total. The van der Waals surface area contributed by atoms with Gasteiger partial charge in [0.2, 0.25) is 0 Å². The molecule has 0 unspecified atom stereocenters. The largest absolute Gasteiger partial charge is 0.361 e. The number of benzene rings is 2. The van der Waals surface area contributed by atoms with E-state index in [1.54, 1.807) is 0 Å². The molecule has 0 aliphatic rings. The van der Waals surface area contributed by atoms with Gasteiger partial charge in [-0.15, -0.1) is 0 Å². The Morgan fingerprint density at radius 1 is 1.00 bits per heavy atom. The number of H-pyrrole nitrogens is 1. The molecule has 1 heterocycles. The van der Waals surface area contributed by atoms with E-state index in [1.165, 1.54) is 5.56 Å². The first-order valence-corrected chi connectivity index (χ1v) is 6.73. The van der Waals surface area contributed by atoms with Crippen molar-refractivity contribution in [3.63, 3.8) is 0 Å². The van der Waals surface area contributed by atoms with E-state index < -0.39 is 0 Å². The van der Waals surface area contributed by atoms with Gasteiger partial charge in [0, 0.05) is 29.2 Å². The highest BCUT2D eigenvalue weighted by atomic mass is 16.1. The summed E-state index contributed by atoms with van der Waals surface area (Å²) in [6.07, 6.45) is 2.70. The van der Waals surface area contributed by atoms with Crippen molar-refractivity contribution in [3.8, 4) is 0 Å². The third-order valence-corrected chi connectivity index (χ3v) is 3.38. The van der Waals surface area contributed by atoms with Crippen LogP contribution in [0, 0.1) is 0 Å². The van der Waals surface area contributed by atoms with Crippen molar-refractivity contribution >= 4 is 16.8 Å². The van der Waals surface area contributed by atoms with Gasteiger partial charge in [0.25, 0.3) is 5.91 Å². The summed E-state index contributed by atoms with van der Waals surface area (Å²) in [5, 5.41) is 3.94. The van der Waals surface area contributed by atoms with E-state index in [2.05, 4.69) is 22.4 Å². The van der Waals surface area contributed by atoms with Crippen molar-refractivity contribution in [3.05, 3.63) is 71.9 Å². The second kappa shape index (κ2) is 5.61. The average Bonchev–Trinajstić information content (AvgIpc) is 2.96. The zero-order valence-corrected chi connectivity index (χ0v) is 11.1. The van der Waals surface area contributed by atoms with Gasteiger partial charge in [0.1, 0.15) is 0 Å². The SMILES string of the molecule is O=C(NCCc1ccccc1)c1cccc2[nH]ccc12. The summed E-state index contributed by atoms with van der Waals surface area (Å²) in [7, 11) is 0. The molecule has 1 amide bonds. The van der Waals surface area contributed by atoms with Crippen LogP contribution in [-0.4, -0.2) is 17.4 Å². The normalized spacial score (nSPS) is 10.6. The summed E-state index contributed by atoms with van der Waals surface area (Å²) >= 11 is 0. The molecule has 3 rings (SSSR count). The van der Waals surface area contributed by atoms with Crippen LogP contribution >= 0.6 is 0 Å². The van der Waals surface area contributed by atoms with Crippen LogP contribution in [0.3, 0.4) is 0 Å². The van der Waals surface area contributed by atoms with Crippen LogP contribution in [0.4, 0.5) is 0 Å². The van der Waals surface area contributed by atoms with E-state index in [-0.39, 0.29) is 5.91 Å². The van der Waals surface area contributed by atoms with Gasteiger partial charge in [0.05, 0.1) is 0 Å². The Kier molecular flexibility index (Phi) is 3.50. The zero-order valence-electron chi connectivity index (χ0n) is 11.1. The van der Waals surface area contributed by atoms with Gasteiger partial charge in [0.15, 0.2) is 0 Å². The third kappa shape index (κ3) is 2.57. The van der Waals surface area contributed by atoms with Gasteiger partial charge < -0.3 is 10.3 Å². The molecule has 0 aliphatic carbocycles. The number of aromatic nitrogens is 1. The van der Waals surface area contributed by atoms with Crippen LogP contribution in [0.25, 0.3) is 10.9 Å². The lowest BCUT2D eigenvalue weighted by atomic mass is 10.1. The quantitative estimate of drug-likeness (QED) is 0.747. The van der Waals surface area contributed by atoms with Gasteiger partial charge in [-0.2, -0.15) is 0 Å². The maximum atomic E-state index is 12.2. The molecule has 0 saturated carbocycles. The first-order valence-electron chi connectivity index (χ1n) is 6.73. The minimum atomic E-state index is -0.0221.